The number of nitrogens with one attached hydrogen (secondary N) is 1. The van der Waals surface area contributed by atoms with Gasteiger partial charge in [0.25, 0.3) is 0 Å². The third kappa shape index (κ3) is 4.43. The summed E-state index contributed by atoms with van der Waals surface area (Å²) in [5.74, 6) is -0.219. The van der Waals surface area contributed by atoms with Gasteiger partial charge in [-0.25, -0.2) is 4.98 Å². The van der Waals surface area contributed by atoms with Crippen LogP contribution in [0.3, 0.4) is 0 Å². The highest BCUT2D eigenvalue weighted by molar-refractivity contribution is 7.14. The summed E-state index contributed by atoms with van der Waals surface area (Å²) in [7, 11) is 0. The standard InChI is InChI=1S/C21H20N2O2S/c1-14-8-9-17(12-15(14)2)19(24)10-11-20(25)23-21-22-18(13-26-21)16-6-4-3-5-7-16/h3-9,12-13H,10-11H2,1-2H3,(H,22,23,25). The molecule has 1 N–H and O–H groups in total. The van der Waals surface area contributed by atoms with E-state index in [-0.39, 0.29) is 24.5 Å². The van der Waals surface area contributed by atoms with Crippen LogP contribution >= 0.6 is 11.3 Å². The number of carbonyl (C=O) groups is 2. The van der Waals surface area contributed by atoms with Crippen LogP contribution < -0.4 is 5.32 Å². The molecule has 0 bridgehead atoms. The van der Waals surface area contributed by atoms with Crippen LogP contribution in [0.25, 0.3) is 11.3 Å². The van der Waals surface area contributed by atoms with Gasteiger partial charge in [0, 0.05) is 29.3 Å². The van der Waals surface area contributed by atoms with E-state index in [1.165, 1.54) is 11.3 Å². The Kier molecular flexibility index (Phi) is 5.58. The van der Waals surface area contributed by atoms with E-state index >= 15 is 0 Å². The lowest BCUT2D eigenvalue weighted by atomic mass is 10.0. The summed E-state index contributed by atoms with van der Waals surface area (Å²) in [4.78, 5) is 28.8. The Bertz CT molecular complexity index is 932. The molecule has 0 atom stereocenters. The van der Waals surface area contributed by atoms with Crippen LogP contribution in [0.4, 0.5) is 5.13 Å². The Morgan fingerprint density at radius 2 is 1.77 bits per heavy atom. The smallest absolute Gasteiger partial charge is 0.226 e. The Labute approximate surface area is 156 Å². The van der Waals surface area contributed by atoms with Crippen LogP contribution in [-0.4, -0.2) is 16.7 Å². The van der Waals surface area contributed by atoms with E-state index in [1.807, 2.05) is 67.8 Å². The average molecular weight is 364 g/mol. The Morgan fingerprint density at radius 3 is 2.50 bits per heavy atom. The summed E-state index contributed by atoms with van der Waals surface area (Å²) in [6.45, 7) is 3.99. The summed E-state index contributed by atoms with van der Waals surface area (Å²) < 4.78 is 0. The summed E-state index contributed by atoms with van der Waals surface area (Å²) >= 11 is 1.38. The molecule has 3 aromatic rings. The second-order valence-corrected chi connectivity index (χ2v) is 7.03. The van der Waals surface area contributed by atoms with Crippen LogP contribution in [0.5, 0.6) is 0 Å². The van der Waals surface area contributed by atoms with Gasteiger partial charge in [-0.1, -0.05) is 42.5 Å². The predicted molar refractivity (Wildman–Crippen MR) is 106 cm³/mol. The molecular weight excluding hydrogens is 344 g/mol. The van der Waals surface area contributed by atoms with Crippen molar-refractivity contribution < 1.29 is 9.59 Å². The van der Waals surface area contributed by atoms with Gasteiger partial charge in [0.1, 0.15) is 0 Å². The number of rotatable bonds is 6. The van der Waals surface area contributed by atoms with Gasteiger partial charge in [0.15, 0.2) is 10.9 Å². The molecule has 132 valence electrons. The molecule has 0 spiro atoms. The zero-order chi connectivity index (χ0) is 18.5. The van der Waals surface area contributed by atoms with E-state index in [1.54, 1.807) is 0 Å². The number of aromatic nitrogens is 1. The van der Waals surface area contributed by atoms with Gasteiger partial charge in [-0.2, -0.15) is 0 Å². The van der Waals surface area contributed by atoms with Crippen molar-refractivity contribution in [3.8, 4) is 11.3 Å². The molecule has 0 aliphatic carbocycles. The number of hydrogen-bond acceptors (Lipinski definition) is 4. The maximum absolute atomic E-state index is 12.3. The van der Waals surface area contributed by atoms with Crippen molar-refractivity contribution in [1.82, 2.24) is 4.98 Å². The minimum atomic E-state index is -0.198. The van der Waals surface area contributed by atoms with Crippen molar-refractivity contribution in [3.05, 3.63) is 70.6 Å². The summed E-state index contributed by atoms with van der Waals surface area (Å²) in [6, 6.07) is 15.4. The monoisotopic (exact) mass is 364 g/mol. The second-order valence-electron chi connectivity index (χ2n) is 6.17. The fourth-order valence-electron chi connectivity index (χ4n) is 2.54. The molecule has 3 rings (SSSR count). The van der Waals surface area contributed by atoms with Crippen LogP contribution in [0, 0.1) is 13.8 Å². The number of hydrogen-bond donors (Lipinski definition) is 1. The van der Waals surface area contributed by atoms with Crippen LogP contribution in [0.1, 0.15) is 34.3 Å². The van der Waals surface area contributed by atoms with Gasteiger partial charge in [-0.15, -0.1) is 11.3 Å². The molecule has 0 fully saturated rings. The number of nitrogens with zero attached hydrogens (tertiary/aromatic N) is 1. The lowest BCUT2D eigenvalue weighted by molar-refractivity contribution is -0.116. The fourth-order valence-corrected chi connectivity index (χ4v) is 3.28. The van der Waals surface area contributed by atoms with E-state index in [2.05, 4.69) is 10.3 Å². The molecule has 0 saturated carbocycles. The van der Waals surface area contributed by atoms with Crippen molar-refractivity contribution >= 4 is 28.2 Å². The minimum absolute atomic E-state index is 0.0210. The highest BCUT2D eigenvalue weighted by Crippen LogP contribution is 2.24. The molecule has 1 aromatic heterocycles. The molecule has 2 aromatic carbocycles. The predicted octanol–water partition coefficient (Wildman–Crippen LogP) is 5.03. The molecular formula is C21H20N2O2S. The number of anilines is 1. The molecule has 0 saturated heterocycles. The Balaban J connectivity index is 1.55. The number of ketones is 1. The average Bonchev–Trinajstić information content (AvgIpc) is 3.11. The normalized spacial score (nSPS) is 10.5. The summed E-state index contributed by atoms with van der Waals surface area (Å²) in [5.41, 5.74) is 4.72. The van der Waals surface area contributed by atoms with E-state index in [0.29, 0.717) is 10.7 Å². The van der Waals surface area contributed by atoms with E-state index < -0.39 is 0 Å². The molecule has 0 aliphatic heterocycles. The van der Waals surface area contributed by atoms with Crippen LogP contribution in [-0.2, 0) is 4.79 Å². The molecule has 1 heterocycles. The molecule has 5 heteroatoms. The first kappa shape index (κ1) is 18.0. The molecule has 1 amide bonds. The van der Waals surface area contributed by atoms with Crippen molar-refractivity contribution in [2.45, 2.75) is 26.7 Å². The van der Waals surface area contributed by atoms with Crippen molar-refractivity contribution in [2.75, 3.05) is 5.32 Å². The van der Waals surface area contributed by atoms with E-state index in [4.69, 9.17) is 0 Å². The van der Waals surface area contributed by atoms with Gasteiger partial charge in [0.05, 0.1) is 5.69 Å². The van der Waals surface area contributed by atoms with Crippen molar-refractivity contribution in [2.24, 2.45) is 0 Å². The van der Waals surface area contributed by atoms with Crippen LogP contribution in [0.15, 0.2) is 53.9 Å². The van der Waals surface area contributed by atoms with Gasteiger partial charge in [-0.05, 0) is 31.0 Å². The summed E-state index contributed by atoms with van der Waals surface area (Å²) in [6.07, 6.45) is 0.331. The van der Waals surface area contributed by atoms with Crippen LogP contribution in [0.2, 0.25) is 0 Å². The van der Waals surface area contributed by atoms with Gasteiger partial charge >= 0.3 is 0 Å². The van der Waals surface area contributed by atoms with E-state index in [0.717, 1.165) is 22.4 Å². The molecule has 0 aliphatic rings. The first-order chi connectivity index (χ1) is 12.5. The second kappa shape index (κ2) is 8.06. The highest BCUT2D eigenvalue weighted by Gasteiger charge is 2.12. The topological polar surface area (TPSA) is 59.1 Å². The number of Topliss-reactive ketones (excluding diaryl/α,β-unsaturated/α-hetero) is 1. The third-order valence-electron chi connectivity index (χ3n) is 4.23. The Morgan fingerprint density at radius 1 is 1.00 bits per heavy atom. The number of amides is 1. The molecule has 4 nitrogen and oxygen atoms in total. The molecule has 0 radical (unpaired) electrons. The maximum atomic E-state index is 12.3. The SMILES string of the molecule is Cc1ccc(C(=O)CCC(=O)Nc2nc(-c3ccccc3)cs2)cc1C. The minimum Gasteiger partial charge on any atom is -0.302 e. The number of thiazole rings is 1. The Hall–Kier alpha value is -2.79. The maximum Gasteiger partial charge on any atom is 0.226 e. The van der Waals surface area contributed by atoms with Gasteiger partial charge < -0.3 is 5.32 Å². The van der Waals surface area contributed by atoms with Gasteiger partial charge in [-0.3, -0.25) is 9.59 Å². The number of benzene rings is 2. The molecule has 26 heavy (non-hydrogen) atoms. The zero-order valence-electron chi connectivity index (χ0n) is 14.8. The zero-order valence-corrected chi connectivity index (χ0v) is 15.6. The summed E-state index contributed by atoms with van der Waals surface area (Å²) in [5, 5.41) is 5.23. The third-order valence-corrected chi connectivity index (χ3v) is 4.99. The lowest BCUT2D eigenvalue weighted by Crippen LogP contribution is -2.13. The molecule has 0 unspecified atom stereocenters. The quantitative estimate of drug-likeness (QED) is 0.624. The lowest BCUT2D eigenvalue weighted by Gasteiger charge is -2.05. The first-order valence-corrected chi connectivity index (χ1v) is 9.32. The number of carbonyl (C=O) groups excluding carboxylic acids is 2. The number of aryl methyl sites for hydroxylation is 2. The van der Waals surface area contributed by atoms with E-state index in [9.17, 15) is 9.59 Å². The van der Waals surface area contributed by atoms with Gasteiger partial charge in [0.2, 0.25) is 5.91 Å². The largest absolute Gasteiger partial charge is 0.302 e. The fraction of sp³-hybridized carbons (Fsp3) is 0.190. The first-order valence-electron chi connectivity index (χ1n) is 8.44. The highest BCUT2D eigenvalue weighted by atomic mass is 32.1. The van der Waals surface area contributed by atoms with Crippen molar-refractivity contribution in [3.63, 3.8) is 0 Å². The van der Waals surface area contributed by atoms with Crippen molar-refractivity contribution in [1.29, 1.82) is 0 Å².